The number of nitrogens with zero attached hydrogens (tertiary/aromatic N) is 1. The molecule has 184 valence electrons. The van der Waals surface area contributed by atoms with Crippen LogP contribution in [0.5, 0.6) is 0 Å². The van der Waals surface area contributed by atoms with Crippen LogP contribution in [0.15, 0.2) is 66.7 Å². The number of benzene rings is 3. The van der Waals surface area contributed by atoms with Gasteiger partial charge in [0, 0.05) is 23.5 Å². The van der Waals surface area contributed by atoms with Gasteiger partial charge in [-0.15, -0.1) is 0 Å². The van der Waals surface area contributed by atoms with Gasteiger partial charge in [-0.05, 0) is 36.8 Å². The first-order chi connectivity index (χ1) is 17.5. The zero-order chi connectivity index (χ0) is 25.5. The number of fused-ring (bicyclic) bond motifs is 2. The van der Waals surface area contributed by atoms with Crippen molar-refractivity contribution in [1.82, 2.24) is 10.3 Å². The molecule has 0 fully saturated rings. The fourth-order valence-corrected chi connectivity index (χ4v) is 3.82. The quantitative estimate of drug-likeness (QED) is 0.248. The van der Waals surface area contributed by atoms with Gasteiger partial charge in [0.2, 0.25) is 0 Å². The molecule has 1 aromatic heterocycles. The highest BCUT2D eigenvalue weighted by molar-refractivity contribution is 6.14. The number of ether oxygens (including phenoxy) is 2. The summed E-state index contributed by atoms with van der Waals surface area (Å²) in [5.74, 6) is -0.705. The third-order valence-corrected chi connectivity index (χ3v) is 5.44. The van der Waals surface area contributed by atoms with Crippen molar-refractivity contribution in [2.45, 2.75) is 13.5 Å². The SMILES string of the molecule is CCOC(=O)Nc1cccc(COC(=O)CNc2c3ccccc3nc3c(C(=O)NC)cccc23)c1. The number of esters is 1. The summed E-state index contributed by atoms with van der Waals surface area (Å²) in [7, 11) is 1.57. The van der Waals surface area contributed by atoms with Crippen molar-refractivity contribution in [2.24, 2.45) is 0 Å². The third kappa shape index (κ3) is 5.52. The standard InChI is InChI=1S/C27H26N4O5/c1-3-35-27(34)30-18-9-6-8-17(14-18)16-36-23(32)15-29-24-19-10-4-5-13-22(19)31-25-20(24)11-7-12-21(25)26(33)28-2/h4-14H,3,15-16H2,1-2H3,(H,28,33)(H,29,31)(H,30,34). The normalized spacial score (nSPS) is 10.6. The zero-order valence-corrected chi connectivity index (χ0v) is 20.0. The first-order valence-electron chi connectivity index (χ1n) is 11.5. The number of aromatic nitrogens is 1. The van der Waals surface area contributed by atoms with Gasteiger partial charge in [0.1, 0.15) is 13.2 Å². The van der Waals surface area contributed by atoms with Crippen LogP contribution >= 0.6 is 0 Å². The number of hydrogen-bond donors (Lipinski definition) is 3. The molecule has 0 aliphatic heterocycles. The van der Waals surface area contributed by atoms with Gasteiger partial charge in [-0.3, -0.25) is 14.9 Å². The molecule has 0 aliphatic carbocycles. The molecule has 0 saturated carbocycles. The van der Waals surface area contributed by atoms with E-state index in [1.165, 1.54) is 0 Å². The lowest BCUT2D eigenvalue weighted by Crippen LogP contribution is -2.19. The lowest BCUT2D eigenvalue weighted by Gasteiger charge is -2.15. The van der Waals surface area contributed by atoms with E-state index in [9.17, 15) is 14.4 Å². The Bertz CT molecular complexity index is 1440. The first kappa shape index (κ1) is 24.5. The molecule has 2 amide bonds. The van der Waals surface area contributed by atoms with Crippen LogP contribution < -0.4 is 16.0 Å². The van der Waals surface area contributed by atoms with Crippen molar-refractivity contribution in [3.8, 4) is 0 Å². The van der Waals surface area contributed by atoms with Gasteiger partial charge < -0.3 is 20.1 Å². The number of carbonyl (C=O) groups excluding carboxylic acids is 3. The molecule has 4 aromatic rings. The summed E-state index contributed by atoms with van der Waals surface area (Å²) in [6.45, 7) is 1.94. The van der Waals surface area contributed by atoms with Crippen LogP contribution in [-0.4, -0.2) is 43.2 Å². The lowest BCUT2D eigenvalue weighted by atomic mass is 10.0. The van der Waals surface area contributed by atoms with Crippen molar-refractivity contribution in [3.05, 3.63) is 77.9 Å². The van der Waals surface area contributed by atoms with E-state index in [0.29, 0.717) is 33.5 Å². The summed E-state index contributed by atoms with van der Waals surface area (Å²) < 4.78 is 10.3. The molecular formula is C27H26N4O5. The molecule has 1 heterocycles. The van der Waals surface area contributed by atoms with Gasteiger partial charge in [0.25, 0.3) is 5.91 Å². The summed E-state index contributed by atoms with van der Waals surface area (Å²) >= 11 is 0. The van der Waals surface area contributed by atoms with E-state index < -0.39 is 12.1 Å². The molecular weight excluding hydrogens is 460 g/mol. The van der Waals surface area contributed by atoms with Crippen LogP contribution in [0.1, 0.15) is 22.8 Å². The Morgan fingerprint density at radius 1 is 0.917 bits per heavy atom. The Labute approximate surface area is 207 Å². The predicted molar refractivity (Wildman–Crippen MR) is 138 cm³/mol. The van der Waals surface area contributed by atoms with Gasteiger partial charge >= 0.3 is 12.1 Å². The number of para-hydroxylation sites is 2. The van der Waals surface area contributed by atoms with Gasteiger partial charge in [-0.1, -0.05) is 42.5 Å². The van der Waals surface area contributed by atoms with E-state index in [0.717, 1.165) is 10.8 Å². The average Bonchev–Trinajstić information content (AvgIpc) is 2.89. The van der Waals surface area contributed by atoms with E-state index in [4.69, 9.17) is 14.5 Å². The Morgan fingerprint density at radius 3 is 2.50 bits per heavy atom. The van der Waals surface area contributed by atoms with Crippen molar-refractivity contribution >= 4 is 51.2 Å². The molecule has 3 N–H and O–H groups in total. The highest BCUT2D eigenvalue weighted by atomic mass is 16.5. The summed E-state index contributed by atoms with van der Waals surface area (Å²) in [5.41, 5.74) is 3.64. The molecule has 9 nitrogen and oxygen atoms in total. The van der Waals surface area contributed by atoms with Crippen LogP contribution in [0.3, 0.4) is 0 Å². The van der Waals surface area contributed by atoms with E-state index in [1.807, 2.05) is 30.3 Å². The summed E-state index contributed by atoms with van der Waals surface area (Å²) in [6.07, 6.45) is -0.549. The maximum absolute atomic E-state index is 12.6. The number of hydrogen-bond acceptors (Lipinski definition) is 7. The molecule has 4 rings (SSSR count). The molecule has 3 aromatic carbocycles. The highest BCUT2D eigenvalue weighted by Crippen LogP contribution is 2.32. The van der Waals surface area contributed by atoms with Crippen molar-refractivity contribution in [1.29, 1.82) is 0 Å². The first-order valence-corrected chi connectivity index (χ1v) is 11.5. The second kappa shape index (κ2) is 11.2. The zero-order valence-electron chi connectivity index (χ0n) is 20.0. The topological polar surface area (TPSA) is 119 Å². The van der Waals surface area contributed by atoms with Crippen LogP contribution in [0, 0.1) is 0 Å². The maximum Gasteiger partial charge on any atom is 0.411 e. The smallest absolute Gasteiger partial charge is 0.411 e. The van der Waals surface area contributed by atoms with Gasteiger partial charge in [0.05, 0.1) is 28.9 Å². The van der Waals surface area contributed by atoms with Crippen molar-refractivity contribution in [2.75, 3.05) is 30.8 Å². The largest absolute Gasteiger partial charge is 0.460 e. The monoisotopic (exact) mass is 486 g/mol. The van der Waals surface area contributed by atoms with Crippen LogP contribution in [0.2, 0.25) is 0 Å². The number of carbonyl (C=O) groups is 3. The fraction of sp³-hybridized carbons (Fsp3) is 0.185. The molecule has 0 atom stereocenters. The number of nitrogens with one attached hydrogen (secondary N) is 3. The number of pyridine rings is 1. The van der Waals surface area contributed by atoms with E-state index >= 15 is 0 Å². The third-order valence-electron chi connectivity index (χ3n) is 5.44. The second-order valence-corrected chi connectivity index (χ2v) is 7.84. The highest BCUT2D eigenvalue weighted by Gasteiger charge is 2.16. The predicted octanol–water partition coefficient (Wildman–Crippen LogP) is 4.47. The van der Waals surface area contributed by atoms with Gasteiger partial charge in [0.15, 0.2) is 0 Å². The number of amides is 2. The number of anilines is 2. The van der Waals surface area contributed by atoms with Gasteiger partial charge in [-0.25, -0.2) is 9.78 Å². The molecule has 0 unspecified atom stereocenters. The Morgan fingerprint density at radius 2 is 1.69 bits per heavy atom. The van der Waals surface area contributed by atoms with Crippen molar-refractivity contribution in [3.63, 3.8) is 0 Å². The van der Waals surface area contributed by atoms with E-state index in [1.54, 1.807) is 50.4 Å². The minimum Gasteiger partial charge on any atom is -0.460 e. The summed E-state index contributed by atoms with van der Waals surface area (Å²) in [5, 5.41) is 9.99. The molecule has 0 aliphatic rings. The maximum atomic E-state index is 12.6. The molecule has 36 heavy (non-hydrogen) atoms. The lowest BCUT2D eigenvalue weighted by molar-refractivity contribution is -0.142. The average molecular weight is 487 g/mol. The molecule has 0 radical (unpaired) electrons. The molecule has 0 spiro atoms. The van der Waals surface area contributed by atoms with Gasteiger partial charge in [-0.2, -0.15) is 0 Å². The van der Waals surface area contributed by atoms with Crippen LogP contribution in [0.25, 0.3) is 21.8 Å². The Kier molecular flexibility index (Phi) is 7.60. The minimum atomic E-state index is -0.549. The fourth-order valence-electron chi connectivity index (χ4n) is 3.82. The summed E-state index contributed by atoms with van der Waals surface area (Å²) in [4.78, 5) is 41.3. The molecule has 0 saturated heterocycles. The molecule has 0 bridgehead atoms. The Balaban J connectivity index is 1.50. The van der Waals surface area contributed by atoms with Crippen molar-refractivity contribution < 1.29 is 23.9 Å². The Hall–Kier alpha value is -4.66. The van der Waals surface area contributed by atoms with E-state index in [-0.39, 0.29) is 25.7 Å². The van der Waals surface area contributed by atoms with E-state index in [2.05, 4.69) is 16.0 Å². The summed E-state index contributed by atoms with van der Waals surface area (Å²) in [6, 6.07) is 19.8. The second-order valence-electron chi connectivity index (χ2n) is 7.84. The minimum absolute atomic E-state index is 0.0392. The van der Waals surface area contributed by atoms with Crippen LogP contribution in [-0.2, 0) is 20.9 Å². The number of rotatable bonds is 8. The van der Waals surface area contributed by atoms with Crippen LogP contribution in [0.4, 0.5) is 16.2 Å². The molecule has 9 heteroatoms.